The van der Waals surface area contributed by atoms with Crippen molar-refractivity contribution in [1.82, 2.24) is 0 Å². The molecule has 1 aromatic heterocycles. The highest BCUT2D eigenvalue weighted by atomic mass is 16.5. The average Bonchev–Trinajstić information content (AvgIpc) is 2.69. The van der Waals surface area contributed by atoms with Crippen molar-refractivity contribution in [3.05, 3.63) is 34.0 Å². The summed E-state index contributed by atoms with van der Waals surface area (Å²) in [5.41, 5.74) is 0.385. The zero-order valence-electron chi connectivity index (χ0n) is 16.1. The molecule has 0 bridgehead atoms. The Morgan fingerprint density at radius 2 is 1.54 bits per heavy atom. The first-order valence-electron chi connectivity index (χ1n) is 8.25. The third kappa shape index (κ3) is 2.74. The van der Waals surface area contributed by atoms with Crippen molar-refractivity contribution in [2.75, 3.05) is 28.4 Å². The molecule has 0 fully saturated rings. The van der Waals surface area contributed by atoms with E-state index in [4.69, 9.17) is 23.4 Å². The first-order chi connectivity index (χ1) is 13.4. The Morgan fingerprint density at radius 1 is 0.893 bits per heavy atom. The van der Waals surface area contributed by atoms with Crippen molar-refractivity contribution >= 4 is 11.0 Å². The largest absolute Gasteiger partial charge is 0.504 e. The molecule has 3 aromatic rings. The van der Waals surface area contributed by atoms with Gasteiger partial charge in [0.15, 0.2) is 28.8 Å². The first-order valence-corrected chi connectivity index (χ1v) is 8.25. The maximum absolute atomic E-state index is 13.1. The fourth-order valence-corrected chi connectivity index (χ4v) is 3.13. The molecule has 0 amide bonds. The summed E-state index contributed by atoms with van der Waals surface area (Å²) in [5, 5.41) is 20.6. The number of hydrogen-bond acceptors (Lipinski definition) is 8. The van der Waals surface area contributed by atoms with Crippen molar-refractivity contribution in [3.8, 4) is 45.8 Å². The van der Waals surface area contributed by atoms with Gasteiger partial charge in [0.25, 0.3) is 0 Å². The van der Waals surface area contributed by atoms with Crippen LogP contribution >= 0.6 is 0 Å². The standard InChI is InChI=1S/C20H20O8/c1-9-16-13(14(22)19(26-4)17(9)25-3)15(23)20(27-5)18(28-16)10-6-7-12(24-2)11(21)8-10/h6-8,21-22H,1-5H3. The Kier molecular flexibility index (Phi) is 4.96. The predicted molar refractivity (Wildman–Crippen MR) is 102 cm³/mol. The normalized spacial score (nSPS) is 10.8. The zero-order valence-corrected chi connectivity index (χ0v) is 16.1. The monoisotopic (exact) mass is 388 g/mol. The Hall–Kier alpha value is -3.55. The highest BCUT2D eigenvalue weighted by Gasteiger charge is 2.27. The van der Waals surface area contributed by atoms with Crippen molar-refractivity contribution < 1.29 is 33.6 Å². The maximum atomic E-state index is 13.1. The van der Waals surface area contributed by atoms with Crippen LogP contribution in [-0.2, 0) is 0 Å². The lowest BCUT2D eigenvalue weighted by Gasteiger charge is -2.16. The average molecular weight is 388 g/mol. The molecular weight excluding hydrogens is 368 g/mol. The van der Waals surface area contributed by atoms with Gasteiger partial charge in [-0.05, 0) is 25.1 Å². The van der Waals surface area contributed by atoms with E-state index in [1.807, 2.05) is 0 Å². The molecule has 0 aliphatic carbocycles. The molecule has 0 saturated heterocycles. The fourth-order valence-electron chi connectivity index (χ4n) is 3.13. The van der Waals surface area contributed by atoms with Gasteiger partial charge in [-0.2, -0.15) is 0 Å². The molecule has 2 aromatic carbocycles. The van der Waals surface area contributed by atoms with Crippen LogP contribution in [0.25, 0.3) is 22.3 Å². The third-order valence-electron chi connectivity index (χ3n) is 4.46. The Morgan fingerprint density at radius 3 is 2.07 bits per heavy atom. The minimum Gasteiger partial charge on any atom is -0.504 e. The Bertz CT molecular complexity index is 1110. The number of rotatable bonds is 5. The summed E-state index contributed by atoms with van der Waals surface area (Å²) in [7, 11) is 5.52. The molecule has 1 heterocycles. The first kappa shape index (κ1) is 19.2. The fraction of sp³-hybridized carbons (Fsp3) is 0.250. The summed E-state index contributed by atoms with van der Waals surface area (Å²) >= 11 is 0. The van der Waals surface area contributed by atoms with E-state index in [-0.39, 0.29) is 45.5 Å². The molecule has 28 heavy (non-hydrogen) atoms. The van der Waals surface area contributed by atoms with Gasteiger partial charge in [0.1, 0.15) is 11.0 Å². The number of benzene rings is 2. The lowest BCUT2D eigenvalue weighted by atomic mass is 10.0. The molecular formula is C20H20O8. The zero-order chi connectivity index (χ0) is 20.6. The van der Waals surface area contributed by atoms with Crippen LogP contribution in [0.15, 0.2) is 27.4 Å². The molecule has 0 atom stereocenters. The smallest absolute Gasteiger partial charge is 0.239 e. The van der Waals surface area contributed by atoms with Crippen molar-refractivity contribution in [2.24, 2.45) is 0 Å². The summed E-state index contributed by atoms with van der Waals surface area (Å²) in [6, 6.07) is 4.54. The second-order valence-electron chi connectivity index (χ2n) is 5.92. The van der Waals surface area contributed by atoms with E-state index in [0.29, 0.717) is 11.1 Å². The van der Waals surface area contributed by atoms with Gasteiger partial charge in [0.2, 0.25) is 16.9 Å². The van der Waals surface area contributed by atoms with Gasteiger partial charge in [-0.1, -0.05) is 0 Å². The molecule has 0 spiro atoms. The van der Waals surface area contributed by atoms with Crippen molar-refractivity contribution in [1.29, 1.82) is 0 Å². The number of aryl methyl sites for hydroxylation is 1. The predicted octanol–water partition coefficient (Wildman–Crippen LogP) is 3.21. The summed E-state index contributed by atoms with van der Waals surface area (Å²) in [4.78, 5) is 13.1. The van der Waals surface area contributed by atoms with Gasteiger partial charge in [-0.3, -0.25) is 4.79 Å². The molecule has 2 N–H and O–H groups in total. The lowest BCUT2D eigenvalue weighted by molar-refractivity contribution is 0.332. The van der Waals surface area contributed by atoms with E-state index < -0.39 is 11.2 Å². The Balaban J connectivity index is 2.45. The number of phenolic OH excluding ortho intramolecular Hbond substituents is 2. The lowest BCUT2D eigenvalue weighted by Crippen LogP contribution is -2.09. The van der Waals surface area contributed by atoms with Crippen LogP contribution < -0.4 is 24.4 Å². The highest BCUT2D eigenvalue weighted by Crippen LogP contribution is 2.46. The Labute approximate surface area is 160 Å². The molecule has 0 unspecified atom stereocenters. The minimum atomic E-state index is -0.587. The van der Waals surface area contributed by atoms with Gasteiger partial charge in [0, 0.05) is 11.1 Å². The van der Waals surface area contributed by atoms with Crippen LogP contribution in [0.2, 0.25) is 0 Å². The number of hydrogen-bond donors (Lipinski definition) is 2. The second kappa shape index (κ2) is 7.22. The number of fused-ring (bicyclic) bond motifs is 1. The van der Waals surface area contributed by atoms with Crippen LogP contribution in [0.5, 0.6) is 34.5 Å². The summed E-state index contributed by atoms with van der Waals surface area (Å²) in [6.45, 7) is 1.67. The van der Waals surface area contributed by atoms with E-state index in [1.165, 1.54) is 40.6 Å². The van der Waals surface area contributed by atoms with Gasteiger partial charge in [-0.15, -0.1) is 0 Å². The number of methoxy groups -OCH3 is 4. The third-order valence-corrected chi connectivity index (χ3v) is 4.46. The highest BCUT2D eigenvalue weighted by molar-refractivity contribution is 5.94. The summed E-state index contributed by atoms with van der Waals surface area (Å²) < 4.78 is 26.8. The number of aromatic hydroxyl groups is 2. The minimum absolute atomic E-state index is 0.0247. The van der Waals surface area contributed by atoms with Crippen molar-refractivity contribution in [3.63, 3.8) is 0 Å². The van der Waals surface area contributed by atoms with Gasteiger partial charge in [-0.25, -0.2) is 0 Å². The van der Waals surface area contributed by atoms with E-state index in [1.54, 1.807) is 13.0 Å². The molecule has 148 valence electrons. The maximum Gasteiger partial charge on any atom is 0.239 e. The molecule has 8 heteroatoms. The van der Waals surface area contributed by atoms with Crippen LogP contribution in [0, 0.1) is 6.92 Å². The molecule has 0 saturated carbocycles. The molecule has 0 aliphatic rings. The molecule has 8 nitrogen and oxygen atoms in total. The van der Waals surface area contributed by atoms with E-state index in [9.17, 15) is 15.0 Å². The molecule has 3 rings (SSSR count). The number of ether oxygens (including phenoxy) is 4. The van der Waals surface area contributed by atoms with E-state index in [0.717, 1.165) is 0 Å². The topological polar surface area (TPSA) is 108 Å². The van der Waals surface area contributed by atoms with Crippen molar-refractivity contribution in [2.45, 2.75) is 6.92 Å². The molecule has 0 aliphatic heterocycles. The SMILES string of the molecule is COc1ccc(-c2oc3c(C)c(OC)c(OC)c(O)c3c(=O)c2OC)cc1O. The van der Waals surface area contributed by atoms with E-state index in [2.05, 4.69) is 0 Å². The summed E-state index contributed by atoms with van der Waals surface area (Å²) in [5.74, 6) is -0.0356. The molecule has 0 radical (unpaired) electrons. The van der Waals surface area contributed by atoms with Crippen LogP contribution in [0.4, 0.5) is 0 Å². The van der Waals surface area contributed by atoms with Crippen LogP contribution in [0.3, 0.4) is 0 Å². The van der Waals surface area contributed by atoms with Gasteiger partial charge >= 0.3 is 0 Å². The second-order valence-corrected chi connectivity index (χ2v) is 5.92. The van der Waals surface area contributed by atoms with Crippen LogP contribution in [0.1, 0.15) is 5.56 Å². The van der Waals surface area contributed by atoms with Gasteiger partial charge < -0.3 is 33.6 Å². The summed E-state index contributed by atoms with van der Waals surface area (Å²) in [6.07, 6.45) is 0. The van der Waals surface area contributed by atoms with E-state index >= 15 is 0 Å². The quantitative estimate of drug-likeness (QED) is 0.686. The van der Waals surface area contributed by atoms with Crippen LogP contribution in [-0.4, -0.2) is 38.7 Å². The number of phenols is 2. The van der Waals surface area contributed by atoms with Gasteiger partial charge in [0.05, 0.1) is 28.4 Å².